The highest BCUT2D eigenvalue weighted by Gasteiger charge is 2.11. The van der Waals surface area contributed by atoms with E-state index < -0.39 is 12.0 Å². The highest BCUT2D eigenvalue weighted by Crippen LogP contribution is 2.06. The van der Waals surface area contributed by atoms with Crippen LogP contribution in [-0.2, 0) is 17.8 Å². The lowest BCUT2D eigenvalue weighted by molar-refractivity contribution is -0.138. The van der Waals surface area contributed by atoms with Crippen LogP contribution in [0.5, 0.6) is 0 Å². The van der Waals surface area contributed by atoms with Gasteiger partial charge in [0.2, 0.25) is 0 Å². The smallest absolute Gasteiger partial charge is 0.320 e. The van der Waals surface area contributed by atoms with Gasteiger partial charge < -0.3 is 16.6 Å². The van der Waals surface area contributed by atoms with E-state index in [4.69, 9.17) is 16.6 Å². The van der Waals surface area contributed by atoms with Crippen LogP contribution < -0.4 is 11.5 Å². The van der Waals surface area contributed by atoms with E-state index in [2.05, 4.69) is 0 Å². The molecule has 4 nitrogen and oxygen atoms in total. The first-order chi connectivity index (χ1) is 6.63. The minimum Gasteiger partial charge on any atom is -0.480 e. The number of hydrogen-bond acceptors (Lipinski definition) is 3. The molecule has 0 amide bonds. The highest BCUT2D eigenvalue weighted by atomic mass is 16.4. The van der Waals surface area contributed by atoms with Crippen LogP contribution in [0.3, 0.4) is 0 Å². The van der Waals surface area contributed by atoms with Crippen LogP contribution in [0.1, 0.15) is 11.1 Å². The molecular formula is C10H14N2O2. The predicted molar refractivity (Wildman–Crippen MR) is 53.6 cm³/mol. The van der Waals surface area contributed by atoms with E-state index in [0.29, 0.717) is 13.0 Å². The van der Waals surface area contributed by atoms with Crippen molar-refractivity contribution < 1.29 is 9.90 Å². The Balaban J connectivity index is 2.71. The summed E-state index contributed by atoms with van der Waals surface area (Å²) in [6.07, 6.45) is 0.336. The molecule has 4 heteroatoms. The van der Waals surface area contributed by atoms with Crippen LogP contribution in [0.15, 0.2) is 24.3 Å². The summed E-state index contributed by atoms with van der Waals surface area (Å²) < 4.78 is 0. The topological polar surface area (TPSA) is 89.3 Å². The summed E-state index contributed by atoms with van der Waals surface area (Å²) in [5.74, 6) is -0.983. The van der Waals surface area contributed by atoms with Gasteiger partial charge in [-0.25, -0.2) is 0 Å². The van der Waals surface area contributed by atoms with Gasteiger partial charge in [0.15, 0.2) is 0 Å². The Labute approximate surface area is 82.5 Å². The molecule has 0 saturated heterocycles. The molecule has 0 aliphatic rings. The molecule has 0 bridgehead atoms. The molecule has 76 valence electrons. The minimum absolute atomic E-state index is 0.336. The molecule has 0 radical (unpaired) electrons. The van der Waals surface area contributed by atoms with Gasteiger partial charge in [-0.2, -0.15) is 0 Å². The van der Waals surface area contributed by atoms with E-state index in [0.717, 1.165) is 11.1 Å². The number of benzene rings is 1. The first kappa shape index (κ1) is 10.7. The molecule has 0 aromatic heterocycles. The van der Waals surface area contributed by atoms with Crippen LogP contribution in [0.2, 0.25) is 0 Å². The second-order valence-electron chi connectivity index (χ2n) is 3.17. The fraction of sp³-hybridized carbons (Fsp3) is 0.300. The van der Waals surface area contributed by atoms with Crippen molar-refractivity contribution in [3.8, 4) is 0 Å². The number of hydrogen-bond donors (Lipinski definition) is 3. The van der Waals surface area contributed by atoms with Crippen molar-refractivity contribution in [2.45, 2.75) is 19.0 Å². The Bertz CT molecular complexity index is 326. The lowest BCUT2D eigenvalue weighted by atomic mass is 10.0. The number of carbonyl (C=O) groups is 1. The van der Waals surface area contributed by atoms with Gasteiger partial charge in [0, 0.05) is 6.54 Å². The molecule has 0 aliphatic carbocycles. The van der Waals surface area contributed by atoms with E-state index in [-0.39, 0.29) is 0 Å². The normalized spacial score (nSPS) is 12.4. The number of nitrogens with two attached hydrogens (primary N) is 2. The highest BCUT2D eigenvalue weighted by molar-refractivity contribution is 5.73. The van der Waals surface area contributed by atoms with Crippen molar-refractivity contribution in [1.82, 2.24) is 0 Å². The molecule has 5 N–H and O–H groups in total. The zero-order valence-corrected chi connectivity index (χ0v) is 7.81. The first-order valence-electron chi connectivity index (χ1n) is 4.39. The summed E-state index contributed by atoms with van der Waals surface area (Å²) in [5.41, 5.74) is 12.8. The predicted octanol–water partition coefficient (Wildman–Crippen LogP) is 0.0997. The molecule has 0 fully saturated rings. The maximum atomic E-state index is 10.5. The monoisotopic (exact) mass is 194 g/mol. The average Bonchev–Trinajstić information content (AvgIpc) is 2.18. The van der Waals surface area contributed by atoms with Gasteiger partial charge in [-0.15, -0.1) is 0 Å². The van der Waals surface area contributed by atoms with Crippen LogP contribution in [0.25, 0.3) is 0 Å². The average molecular weight is 194 g/mol. The second kappa shape index (κ2) is 4.74. The molecule has 0 heterocycles. The van der Waals surface area contributed by atoms with E-state index in [1.807, 2.05) is 24.3 Å². The summed E-state index contributed by atoms with van der Waals surface area (Å²) in [7, 11) is 0. The molecule has 1 aromatic rings. The van der Waals surface area contributed by atoms with Crippen LogP contribution in [0, 0.1) is 0 Å². The quantitative estimate of drug-likeness (QED) is 0.634. The van der Waals surface area contributed by atoms with Crippen molar-refractivity contribution in [3.05, 3.63) is 35.4 Å². The molecule has 0 spiro atoms. The molecule has 1 unspecified atom stereocenters. The summed E-state index contributed by atoms with van der Waals surface area (Å²) in [6, 6.07) is 6.63. The summed E-state index contributed by atoms with van der Waals surface area (Å²) >= 11 is 0. The van der Waals surface area contributed by atoms with Gasteiger partial charge >= 0.3 is 5.97 Å². The van der Waals surface area contributed by atoms with Crippen LogP contribution >= 0.6 is 0 Å². The fourth-order valence-corrected chi connectivity index (χ4v) is 1.22. The van der Waals surface area contributed by atoms with Crippen molar-refractivity contribution in [3.63, 3.8) is 0 Å². The molecule has 14 heavy (non-hydrogen) atoms. The second-order valence-corrected chi connectivity index (χ2v) is 3.17. The first-order valence-corrected chi connectivity index (χ1v) is 4.39. The van der Waals surface area contributed by atoms with E-state index in [1.165, 1.54) is 0 Å². The lowest BCUT2D eigenvalue weighted by Gasteiger charge is -2.07. The third-order valence-corrected chi connectivity index (χ3v) is 2.00. The Kier molecular flexibility index (Phi) is 3.62. The summed E-state index contributed by atoms with van der Waals surface area (Å²) in [5, 5.41) is 8.62. The van der Waals surface area contributed by atoms with E-state index >= 15 is 0 Å². The molecule has 0 aliphatic heterocycles. The maximum Gasteiger partial charge on any atom is 0.320 e. The number of carboxylic acids is 1. The largest absolute Gasteiger partial charge is 0.480 e. The van der Waals surface area contributed by atoms with E-state index in [1.54, 1.807) is 0 Å². The van der Waals surface area contributed by atoms with Gasteiger partial charge in [0.1, 0.15) is 6.04 Å². The lowest BCUT2D eigenvalue weighted by Crippen LogP contribution is -2.32. The van der Waals surface area contributed by atoms with Gasteiger partial charge in [0.05, 0.1) is 0 Å². The summed E-state index contributed by atoms with van der Waals surface area (Å²) in [6.45, 7) is 0.455. The molecule has 1 aromatic carbocycles. The number of aliphatic carboxylic acids is 1. The van der Waals surface area contributed by atoms with Gasteiger partial charge in [0.25, 0.3) is 0 Å². The fourth-order valence-electron chi connectivity index (χ4n) is 1.22. The van der Waals surface area contributed by atoms with Crippen LogP contribution in [-0.4, -0.2) is 17.1 Å². The zero-order chi connectivity index (χ0) is 10.6. The third-order valence-electron chi connectivity index (χ3n) is 2.00. The maximum absolute atomic E-state index is 10.5. The zero-order valence-electron chi connectivity index (χ0n) is 7.81. The Hall–Kier alpha value is -1.39. The van der Waals surface area contributed by atoms with Crippen molar-refractivity contribution in [2.24, 2.45) is 11.5 Å². The van der Waals surface area contributed by atoms with Crippen LogP contribution in [0.4, 0.5) is 0 Å². The minimum atomic E-state index is -0.983. The molecule has 0 saturated carbocycles. The van der Waals surface area contributed by atoms with Gasteiger partial charge in [-0.1, -0.05) is 24.3 Å². The SMILES string of the molecule is NCc1cccc(CC(N)C(=O)O)c1. The standard InChI is InChI=1S/C10H14N2O2/c11-6-8-3-1-2-7(4-8)5-9(12)10(13)14/h1-4,9H,5-6,11-12H2,(H,13,14). The van der Waals surface area contributed by atoms with Crippen molar-refractivity contribution >= 4 is 5.97 Å². The number of carboxylic acid groups (broad SMARTS) is 1. The third kappa shape index (κ3) is 2.83. The molecule has 1 rings (SSSR count). The van der Waals surface area contributed by atoms with E-state index in [9.17, 15) is 4.79 Å². The van der Waals surface area contributed by atoms with Gasteiger partial charge in [-0.3, -0.25) is 4.79 Å². The Morgan fingerprint density at radius 2 is 2.07 bits per heavy atom. The Morgan fingerprint density at radius 1 is 1.43 bits per heavy atom. The number of rotatable bonds is 4. The molecular weight excluding hydrogens is 180 g/mol. The van der Waals surface area contributed by atoms with Gasteiger partial charge in [-0.05, 0) is 17.5 Å². The summed E-state index contributed by atoms with van der Waals surface area (Å²) in [4.78, 5) is 10.5. The van der Waals surface area contributed by atoms with Crippen molar-refractivity contribution in [1.29, 1.82) is 0 Å². The molecule has 1 atom stereocenters. The van der Waals surface area contributed by atoms with Crippen molar-refractivity contribution in [2.75, 3.05) is 0 Å². The Morgan fingerprint density at radius 3 is 2.64 bits per heavy atom.